The highest BCUT2D eigenvalue weighted by molar-refractivity contribution is 5.73. The van der Waals surface area contributed by atoms with Gasteiger partial charge in [-0.05, 0) is 38.4 Å². The van der Waals surface area contributed by atoms with Crippen LogP contribution in [-0.2, 0) is 0 Å². The first-order valence-corrected chi connectivity index (χ1v) is 4.68. The molecule has 0 amide bonds. The smallest absolute Gasteiger partial charge is 0.0426 e. The van der Waals surface area contributed by atoms with E-state index in [1.54, 1.807) is 5.57 Å². The molecule has 0 aliphatic carbocycles. The van der Waals surface area contributed by atoms with Crippen LogP contribution in [0.3, 0.4) is 0 Å². The molecule has 0 saturated heterocycles. The molecule has 1 heterocycles. The van der Waals surface area contributed by atoms with E-state index in [1.165, 1.54) is 6.42 Å². The molecule has 1 unspecified atom stereocenters. The van der Waals surface area contributed by atoms with Crippen LogP contribution < -0.4 is 5.32 Å². The average Bonchev–Trinajstić information content (AvgIpc) is 2.15. The van der Waals surface area contributed by atoms with Gasteiger partial charge in [0.15, 0.2) is 0 Å². The molecule has 2 heteroatoms. The Morgan fingerprint density at radius 3 is 3.08 bits per heavy atom. The SMILES string of the molecule is CNCCC(C)C1=CC=NCC1. The van der Waals surface area contributed by atoms with Crippen molar-refractivity contribution in [3.63, 3.8) is 0 Å². The highest BCUT2D eigenvalue weighted by Gasteiger charge is 2.08. The molecule has 68 valence electrons. The summed E-state index contributed by atoms with van der Waals surface area (Å²) in [6.07, 6.45) is 6.50. The molecule has 0 bridgehead atoms. The highest BCUT2D eigenvalue weighted by atomic mass is 14.8. The van der Waals surface area contributed by atoms with Crippen molar-refractivity contribution in [3.8, 4) is 0 Å². The monoisotopic (exact) mass is 166 g/mol. The zero-order valence-electron chi connectivity index (χ0n) is 8.01. The molecule has 1 atom stereocenters. The molecule has 0 radical (unpaired) electrons. The number of hydrogen-bond acceptors (Lipinski definition) is 2. The maximum atomic E-state index is 4.17. The second kappa shape index (κ2) is 5.09. The van der Waals surface area contributed by atoms with Crippen LogP contribution in [0, 0.1) is 5.92 Å². The van der Waals surface area contributed by atoms with E-state index in [4.69, 9.17) is 0 Å². The van der Waals surface area contributed by atoms with E-state index in [2.05, 4.69) is 23.3 Å². The first kappa shape index (κ1) is 9.46. The Balaban J connectivity index is 2.35. The van der Waals surface area contributed by atoms with Gasteiger partial charge in [-0.1, -0.05) is 12.5 Å². The normalized spacial score (nSPS) is 19.0. The molecular formula is C10H18N2. The van der Waals surface area contributed by atoms with Gasteiger partial charge in [-0.3, -0.25) is 4.99 Å². The van der Waals surface area contributed by atoms with Crippen LogP contribution in [0.15, 0.2) is 16.6 Å². The standard InChI is InChI=1S/C10H18N2/c1-9(3-6-11-2)10-4-7-12-8-5-10/h4,7,9,11H,3,5-6,8H2,1-2H3. The summed E-state index contributed by atoms with van der Waals surface area (Å²) < 4.78 is 0. The summed E-state index contributed by atoms with van der Waals surface area (Å²) >= 11 is 0. The van der Waals surface area contributed by atoms with Crippen LogP contribution in [0.5, 0.6) is 0 Å². The van der Waals surface area contributed by atoms with E-state index >= 15 is 0 Å². The molecule has 12 heavy (non-hydrogen) atoms. The van der Waals surface area contributed by atoms with E-state index in [0.717, 1.165) is 19.5 Å². The second-order valence-electron chi connectivity index (χ2n) is 3.34. The van der Waals surface area contributed by atoms with Gasteiger partial charge in [0.2, 0.25) is 0 Å². The Labute approximate surface area is 74.8 Å². The second-order valence-corrected chi connectivity index (χ2v) is 3.34. The van der Waals surface area contributed by atoms with Crippen LogP contribution in [0.2, 0.25) is 0 Å². The van der Waals surface area contributed by atoms with Crippen LogP contribution in [0.25, 0.3) is 0 Å². The number of hydrogen-bond donors (Lipinski definition) is 1. The fraction of sp³-hybridized carbons (Fsp3) is 0.700. The third-order valence-corrected chi connectivity index (χ3v) is 2.38. The van der Waals surface area contributed by atoms with Crippen LogP contribution in [-0.4, -0.2) is 26.4 Å². The van der Waals surface area contributed by atoms with E-state index in [9.17, 15) is 0 Å². The number of nitrogens with zero attached hydrogens (tertiary/aromatic N) is 1. The fourth-order valence-corrected chi connectivity index (χ4v) is 1.46. The highest BCUT2D eigenvalue weighted by Crippen LogP contribution is 2.18. The van der Waals surface area contributed by atoms with Crippen LogP contribution >= 0.6 is 0 Å². The first-order chi connectivity index (χ1) is 5.84. The zero-order valence-corrected chi connectivity index (χ0v) is 8.01. The van der Waals surface area contributed by atoms with Crippen molar-refractivity contribution in [2.45, 2.75) is 19.8 Å². The van der Waals surface area contributed by atoms with Gasteiger partial charge in [0, 0.05) is 12.8 Å². The molecule has 0 aromatic heterocycles. The van der Waals surface area contributed by atoms with Crippen molar-refractivity contribution in [1.82, 2.24) is 5.32 Å². The minimum absolute atomic E-state index is 0.712. The zero-order chi connectivity index (χ0) is 8.81. The van der Waals surface area contributed by atoms with Gasteiger partial charge in [0.05, 0.1) is 0 Å². The van der Waals surface area contributed by atoms with Crippen molar-refractivity contribution in [1.29, 1.82) is 0 Å². The Morgan fingerprint density at radius 1 is 1.67 bits per heavy atom. The van der Waals surface area contributed by atoms with E-state index < -0.39 is 0 Å². The quantitative estimate of drug-likeness (QED) is 0.674. The van der Waals surface area contributed by atoms with E-state index in [0.29, 0.717) is 5.92 Å². The predicted molar refractivity (Wildman–Crippen MR) is 53.8 cm³/mol. The largest absolute Gasteiger partial charge is 0.320 e. The van der Waals surface area contributed by atoms with Crippen LogP contribution in [0.4, 0.5) is 0 Å². The summed E-state index contributed by atoms with van der Waals surface area (Å²) in [5, 5.41) is 3.18. The van der Waals surface area contributed by atoms with Gasteiger partial charge in [-0.2, -0.15) is 0 Å². The van der Waals surface area contributed by atoms with Gasteiger partial charge in [-0.25, -0.2) is 0 Å². The summed E-state index contributed by atoms with van der Waals surface area (Å²) in [7, 11) is 2.00. The van der Waals surface area contributed by atoms with Crippen molar-refractivity contribution in [3.05, 3.63) is 11.6 Å². The maximum Gasteiger partial charge on any atom is 0.0426 e. The number of aliphatic imine (C=N–C) groups is 1. The predicted octanol–water partition coefficient (Wildman–Crippen LogP) is 1.63. The molecule has 2 nitrogen and oxygen atoms in total. The Bertz CT molecular complexity index is 182. The third-order valence-electron chi connectivity index (χ3n) is 2.38. The Hall–Kier alpha value is -0.630. The first-order valence-electron chi connectivity index (χ1n) is 4.68. The van der Waals surface area contributed by atoms with Gasteiger partial charge in [0.25, 0.3) is 0 Å². The Kier molecular flexibility index (Phi) is 4.01. The van der Waals surface area contributed by atoms with Crippen molar-refractivity contribution in [2.75, 3.05) is 20.1 Å². The summed E-state index contributed by atoms with van der Waals surface area (Å²) in [6.45, 7) is 4.38. The molecule has 1 rings (SSSR count). The minimum Gasteiger partial charge on any atom is -0.320 e. The molecule has 0 aromatic carbocycles. The van der Waals surface area contributed by atoms with E-state index in [-0.39, 0.29) is 0 Å². The van der Waals surface area contributed by atoms with Crippen molar-refractivity contribution in [2.24, 2.45) is 10.9 Å². The number of dihydropyridines is 1. The lowest BCUT2D eigenvalue weighted by molar-refractivity contribution is 0.566. The summed E-state index contributed by atoms with van der Waals surface area (Å²) in [5.74, 6) is 0.712. The van der Waals surface area contributed by atoms with Gasteiger partial charge >= 0.3 is 0 Å². The van der Waals surface area contributed by atoms with Gasteiger partial charge < -0.3 is 5.32 Å². The van der Waals surface area contributed by atoms with E-state index in [1.807, 2.05) is 13.3 Å². The lowest BCUT2D eigenvalue weighted by atomic mass is 9.94. The molecule has 1 aliphatic heterocycles. The molecule has 0 aromatic rings. The molecule has 0 saturated carbocycles. The number of rotatable bonds is 4. The molecular weight excluding hydrogens is 148 g/mol. The maximum absolute atomic E-state index is 4.17. The summed E-state index contributed by atoms with van der Waals surface area (Å²) in [5.41, 5.74) is 1.56. The molecule has 0 spiro atoms. The van der Waals surface area contributed by atoms with Gasteiger partial charge in [0.1, 0.15) is 0 Å². The number of allylic oxidation sites excluding steroid dienone is 1. The molecule has 1 aliphatic rings. The average molecular weight is 166 g/mol. The summed E-state index contributed by atoms with van der Waals surface area (Å²) in [6, 6.07) is 0. The fourth-order valence-electron chi connectivity index (χ4n) is 1.46. The van der Waals surface area contributed by atoms with Crippen LogP contribution in [0.1, 0.15) is 19.8 Å². The molecule has 1 N–H and O–H groups in total. The van der Waals surface area contributed by atoms with Crippen molar-refractivity contribution >= 4 is 6.21 Å². The van der Waals surface area contributed by atoms with Gasteiger partial charge in [-0.15, -0.1) is 0 Å². The summed E-state index contributed by atoms with van der Waals surface area (Å²) in [4.78, 5) is 4.17. The lowest BCUT2D eigenvalue weighted by Crippen LogP contribution is -2.14. The topological polar surface area (TPSA) is 24.4 Å². The minimum atomic E-state index is 0.712. The third kappa shape index (κ3) is 2.78. The Morgan fingerprint density at radius 2 is 2.50 bits per heavy atom. The molecule has 0 fully saturated rings. The number of nitrogens with one attached hydrogen (secondary N) is 1. The van der Waals surface area contributed by atoms with Crippen molar-refractivity contribution < 1.29 is 0 Å². The lowest BCUT2D eigenvalue weighted by Gasteiger charge is -2.16.